The minimum Gasteiger partial charge on any atom is -0.394 e. The fourth-order valence-electron chi connectivity index (χ4n) is 1.04. The van der Waals surface area contributed by atoms with Crippen molar-refractivity contribution < 1.29 is 24.8 Å². The molecule has 0 heterocycles. The lowest BCUT2D eigenvalue weighted by atomic mass is 10.3. The van der Waals surface area contributed by atoms with Crippen LogP contribution in [0.4, 0.5) is 0 Å². The van der Waals surface area contributed by atoms with Crippen molar-refractivity contribution in [2.24, 2.45) is 0 Å². The fraction of sp³-hybridized carbons (Fsp3) is 1.00. The van der Waals surface area contributed by atoms with Gasteiger partial charge < -0.3 is 24.8 Å². The lowest BCUT2D eigenvalue weighted by Crippen LogP contribution is -2.22. The van der Waals surface area contributed by atoms with Crippen molar-refractivity contribution in [1.29, 1.82) is 0 Å². The van der Waals surface area contributed by atoms with Gasteiger partial charge in [-0.15, -0.1) is 0 Å². The molecule has 0 saturated carbocycles. The van der Waals surface area contributed by atoms with Crippen LogP contribution in [0.15, 0.2) is 0 Å². The Morgan fingerprint density at radius 1 is 0.889 bits per heavy atom. The van der Waals surface area contributed by atoms with E-state index in [0.717, 1.165) is 13.0 Å². The van der Waals surface area contributed by atoms with Gasteiger partial charge in [0.05, 0.1) is 38.6 Å². The first-order valence-electron chi connectivity index (χ1n) is 6.68. The number of ether oxygens (including phenoxy) is 2. The second-order valence-electron chi connectivity index (χ2n) is 4.16. The summed E-state index contributed by atoms with van der Waals surface area (Å²) in [4.78, 5) is 0. The molecule has 0 fully saturated rings. The highest BCUT2D eigenvalue weighted by atomic mass is 16.5. The Hall–Kier alpha value is -0.200. The van der Waals surface area contributed by atoms with Gasteiger partial charge in [-0.05, 0) is 20.3 Å². The van der Waals surface area contributed by atoms with Gasteiger partial charge in [0, 0.05) is 6.61 Å². The normalized spacial score (nSPS) is 13.7. The Labute approximate surface area is 111 Å². The van der Waals surface area contributed by atoms with E-state index in [1.807, 2.05) is 13.8 Å². The van der Waals surface area contributed by atoms with E-state index in [9.17, 15) is 0 Å². The molecule has 0 aliphatic heterocycles. The number of hydrogen-bond acceptors (Lipinski definition) is 5. The molecule has 2 unspecified atom stereocenters. The Morgan fingerprint density at radius 3 is 1.94 bits per heavy atom. The molecule has 18 heavy (non-hydrogen) atoms. The molecule has 0 bridgehead atoms. The third kappa shape index (κ3) is 18.2. The average Bonchev–Trinajstić information content (AvgIpc) is 2.41. The smallest absolute Gasteiger partial charge is 0.0780 e. The molecule has 5 heteroatoms. The molecule has 0 spiro atoms. The highest BCUT2D eigenvalue weighted by Crippen LogP contribution is 2.00. The van der Waals surface area contributed by atoms with Gasteiger partial charge in [0.1, 0.15) is 0 Å². The maximum atomic E-state index is 8.73. The topological polar surface area (TPSA) is 79.2 Å². The molecule has 0 aliphatic carbocycles. The van der Waals surface area contributed by atoms with E-state index >= 15 is 0 Å². The standard InChI is InChI=1S/C11H24O3.C2H6O2/c1-4-5-6-7-13-11(3)9-14-10(2)8-12;3-1-2-4/h10-12H,4-9H2,1-3H3;3-4H,1-2H2. The molecular weight excluding hydrogens is 236 g/mol. The van der Waals surface area contributed by atoms with Gasteiger partial charge >= 0.3 is 0 Å². The van der Waals surface area contributed by atoms with Crippen LogP contribution in [0, 0.1) is 0 Å². The van der Waals surface area contributed by atoms with Crippen LogP contribution in [-0.2, 0) is 9.47 Å². The van der Waals surface area contributed by atoms with Crippen molar-refractivity contribution in [3.63, 3.8) is 0 Å². The fourth-order valence-corrected chi connectivity index (χ4v) is 1.04. The van der Waals surface area contributed by atoms with E-state index < -0.39 is 0 Å². The predicted molar refractivity (Wildman–Crippen MR) is 71.6 cm³/mol. The zero-order valence-electron chi connectivity index (χ0n) is 12.0. The lowest BCUT2D eigenvalue weighted by molar-refractivity contribution is -0.0459. The molecule has 0 aliphatic rings. The highest BCUT2D eigenvalue weighted by molar-refractivity contribution is 4.51. The largest absolute Gasteiger partial charge is 0.394 e. The summed E-state index contributed by atoms with van der Waals surface area (Å²) < 4.78 is 10.9. The van der Waals surface area contributed by atoms with Crippen molar-refractivity contribution in [2.75, 3.05) is 33.0 Å². The third-order valence-electron chi connectivity index (χ3n) is 2.12. The van der Waals surface area contributed by atoms with E-state index in [-0.39, 0.29) is 32.0 Å². The third-order valence-corrected chi connectivity index (χ3v) is 2.12. The molecule has 0 radical (unpaired) electrons. The van der Waals surface area contributed by atoms with E-state index in [1.165, 1.54) is 12.8 Å². The first-order chi connectivity index (χ1) is 8.62. The second-order valence-corrected chi connectivity index (χ2v) is 4.16. The summed E-state index contributed by atoms with van der Waals surface area (Å²) in [5.41, 5.74) is 0. The summed E-state index contributed by atoms with van der Waals surface area (Å²) >= 11 is 0. The van der Waals surface area contributed by atoms with E-state index in [0.29, 0.717) is 6.61 Å². The summed E-state index contributed by atoms with van der Waals surface area (Å²) in [6.45, 7) is 7.22. The van der Waals surface area contributed by atoms with Crippen LogP contribution in [-0.4, -0.2) is 60.6 Å². The highest BCUT2D eigenvalue weighted by Gasteiger charge is 2.05. The van der Waals surface area contributed by atoms with Crippen molar-refractivity contribution >= 4 is 0 Å². The van der Waals surface area contributed by atoms with Crippen LogP contribution in [0.2, 0.25) is 0 Å². The van der Waals surface area contributed by atoms with Gasteiger partial charge in [-0.25, -0.2) is 0 Å². The molecule has 5 nitrogen and oxygen atoms in total. The van der Waals surface area contributed by atoms with Gasteiger partial charge in [0.2, 0.25) is 0 Å². The number of aliphatic hydroxyl groups excluding tert-OH is 3. The molecular formula is C13H30O5. The lowest BCUT2D eigenvalue weighted by Gasteiger charge is -2.16. The summed E-state index contributed by atoms with van der Waals surface area (Å²) in [5.74, 6) is 0. The quantitative estimate of drug-likeness (QED) is 0.513. The summed E-state index contributed by atoms with van der Waals surface area (Å²) in [6, 6.07) is 0. The molecule has 2 atom stereocenters. The van der Waals surface area contributed by atoms with Crippen LogP contribution < -0.4 is 0 Å². The van der Waals surface area contributed by atoms with Crippen LogP contribution in [0.3, 0.4) is 0 Å². The maximum Gasteiger partial charge on any atom is 0.0780 e. The molecule has 0 saturated heterocycles. The summed E-state index contributed by atoms with van der Waals surface area (Å²) in [6.07, 6.45) is 3.60. The van der Waals surface area contributed by atoms with Crippen molar-refractivity contribution in [1.82, 2.24) is 0 Å². The molecule has 0 aromatic rings. The predicted octanol–water partition coefficient (Wildman–Crippen LogP) is 0.950. The molecule has 0 aromatic heterocycles. The van der Waals surface area contributed by atoms with Crippen LogP contribution in [0.5, 0.6) is 0 Å². The average molecular weight is 266 g/mol. The first-order valence-corrected chi connectivity index (χ1v) is 6.68. The van der Waals surface area contributed by atoms with E-state index in [2.05, 4.69) is 6.92 Å². The number of rotatable bonds is 10. The van der Waals surface area contributed by atoms with Crippen molar-refractivity contribution in [3.05, 3.63) is 0 Å². The van der Waals surface area contributed by atoms with Gasteiger partial charge in [0.25, 0.3) is 0 Å². The molecule has 3 N–H and O–H groups in total. The minimum atomic E-state index is -0.125. The molecule has 0 aromatic carbocycles. The SMILES string of the molecule is CCCCCOC(C)COC(C)CO.OCCO. The van der Waals surface area contributed by atoms with Crippen LogP contribution in [0.25, 0.3) is 0 Å². The maximum absolute atomic E-state index is 8.73. The monoisotopic (exact) mass is 266 g/mol. The van der Waals surface area contributed by atoms with Gasteiger partial charge in [-0.1, -0.05) is 19.8 Å². The molecule has 112 valence electrons. The first kappa shape index (κ1) is 20.1. The Morgan fingerprint density at radius 2 is 1.50 bits per heavy atom. The number of aliphatic hydroxyl groups is 3. The summed E-state index contributed by atoms with van der Waals surface area (Å²) in [5, 5.41) is 24.0. The zero-order valence-corrected chi connectivity index (χ0v) is 12.0. The molecule has 0 amide bonds. The second kappa shape index (κ2) is 16.8. The zero-order chi connectivity index (χ0) is 14.2. The van der Waals surface area contributed by atoms with Crippen molar-refractivity contribution in [2.45, 2.75) is 52.2 Å². The van der Waals surface area contributed by atoms with Gasteiger partial charge in [0.15, 0.2) is 0 Å². The van der Waals surface area contributed by atoms with Gasteiger partial charge in [-0.3, -0.25) is 0 Å². The Bertz CT molecular complexity index is 141. The van der Waals surface area contributed by atoms with E-state index in [4.69, 9.17) is 24.8 Å². The summed E-state index contributed by atoms with van der Waals surface area (Å²) in [7, 11) is 0. The number of hydrogen-bond donors (Lipinski definition) is 3. The Kier molecular flexibility index (Phi) is 18.8. The van der Waals surface area contributed by atoms with E-state index in [1.54, 1.807) is 0 Å². The van der Waals surface area contributed by atoms with Gasteiger partial charge in [-0.2, -0.15) is 0 Å². The molecule has 0 rings (SSSR count). The van der Waals surface area contributed by atoms with Crippen molar-refractivity contribution in [3.8, 4) is 0 Å². The minimum absolute atomic E-state index is 0.0720. The van der Waals surface area contributed by atoms with Crippen LogP contribution >= 0.6 is 0 Å². The Balaban J connectivity index is 0. The number of unbranched alkanes of at least 4 members (excludes halogenated alkanes) is 2. The van der Waals surface area contributed by atoms with Crippen LogP contribution in [0.1, 0.15) is 40.0 Å².